The van der Waals surface area contributed by atoms with Gasteiger partial charge in [-0.3, -0.25) is 4.98 Å². The normalized spacial score (nSPS) is 11.1. The van der Waals surface area contributed by atoms with Crippen LogP contribution in [0.3, 0.4) is 0 Å². The number of para-hydroxylation sites is 1. The predicted octanol–water partition coefficient (Wildman–Crippen LogP) is 5.61. The molecule has 0 aliphatic carbocycles. The zero-order chi connectivity index (χ0) is 25.3. The molecule has 0 aliphatic heterocycles. The number of ether oxygens (including phenoxy) is 4. The molecule has 0 atom stereocenters. The summed E-state index contributed by atoms with van der Waals surface area (Å²) in [6.07, 6.45) is 3.85. The van der Waals surface area contributed by atoms with E-state index in [1.165, 1.54) is 7.11 Å². The number of hydrogen-bond donors (Lipinski definition) is 1. The van der Waals surface area contributed by atoms with Crippen molar-refractivity contribution >= 4 is 28.6 Å². The number of benzene rings is 3. The van der Waals surface area contributed by atoms with Gasteiger partial charge < -0.3 is 24.3 Å². The zero-order valence-electron chi connectivity index (χ0n) is 20.5. The highest BCUT2D eigenvalue weighted by atomic mass is 16.5. The van der Waals surface area contributed by atoms with Crippen molar-refractivity contribution in [3.05, 3.63) is 95.7 Å². The third kappa shape index (κ3) is 6.33. The van der Waals surface area contributed by atoms with Gasteiger partial charge in [-0.2, -0.15) is 0 Å². The summed E-state index contributed by atoms with van der Waals surface area (Å²) in [5.41, 5.74) is 4.26. The molecule has 0 amide bonds. The van der Waals surface area contributed by atoms with Gasteiger partial charge in [-0.1, -0.05) is 36.4 Å². The van der Waals surface area contributed by atoms with Crippen LogP contribution in [-0.2, 0) is 4.74 Å². The average Bonchev–Trinajstić information content (AvgIpc) is 2.94. The predicted molar refractivity (Wildman–Crippen MR) is 141 cm³/mol. The highest BCUT2D eigenvalue weighted by Gasteiger charge is 2.08. The van der Waals surface area contributed by atoms with Gasteiger partial charge in [-0.15, -0.1) is 0 Å². The highest BCUT2D eigenvalue weighted by Crippen LogP contribution is 2.28. The van der Waals surface area contributed by atoms with E-state index in [-0.39, 0.29) is 5.97 Å². The number of nitrogens with zero attached hydrogens (tertiary/aromatic N) is 1. The maximum Gasteiger partial charge on any atom is 0.337 e. The highest BCUT2D eigenvalue weighted by molar-refractivity contribution is 5.89. The fourth-order valence-corrected chi connectivity index (χ4v) is 3.64. The number of carbonyl (C=O) groups is 1. The third-order valence-electron chi connectivity index (χ3n) is 5.56. The number of nitrogens with one attached hydrogen (secondary N) is 1. The van der Waals surface area contributed by atoms with E-state index in [2.05, 4.69) is 16.4 Å². The summed E-state index contributed by atoms with van der Waals surface area (Å²) in [5.74, 6) is 1.55. The second kappa shape index (κ2) is 11.8. The van der Waals surface area contributed by atoms with Crippen LogP contribution in [0.5, 0.6) is 17.2 Å². The molecule has 0 fully saturated rings. The first kappa shape index (κ1) is 24.6. The molecule has 36 heavy (non-hydrogen) atoms. The van der Waals surface area contributed by atoms with Crippen molar-refractivity contribution in [2.24, 2.45) is 0 Å². The van der Waals surface area contributed by atoms with Crippen LogP contribution in [0, 0.1) is 0 Å². The van der Waals surface area contributed by atoms with E-state index in [9.17, 15) is 4.79 Å². The zero-order valence-corrected chi connectivity index (χ0v) is 20.5. The number of anilines is 1. The van der Waals surface area contributed by atoms with Crippen LogP contribution in [-0.4, -0.2) is 45.4 Å². The van der Waals surface area contributed by atoms with Crippen LogP contribution in [0.15, 0.2) is 84.6 Å². The minimum atomic E-state index is -0.369. The van der Waals surface area contributed by atoms with Crippen LogP contribution in [0.25, 0.3) is 17.0 Å². The van der Waals surface area contributed by atoms with Crippen molar-refractivity contribution in [1.82, 2.24) is 4.98 Å². The van der Waals surface area contributed by atoms with Gasteiger partial charge in [0.15, 0.2) is 0 Å². The number of carbonyl (C=O) groups excluding carboxylic acids is 1. The first-order chi connectivity index (χ1) is 17.6. The molecule has 1 aromatic heterocycles. The molecular weight excluding hydrogens is 456 g/mol. The fraction of sp³-hybridized carbons (Fsp3) is 0.172. The van der Waals surface area contributed by atoms with Crippen molar-refractivity contribution in [2.45, 2.75) is 0 Å². The molecule has 0 spiro atoms. The Morgan fingerprint density at radius 3 is 2.28 bits per heavy atom. The molecule has 1 heterocycles. The third-order valence-corrected chi connectivity index (χ3v) is 5.56. The van der Waals surface area contributed by atoms with Crippen LogP contribution in [0.4, 0.5) is 5.69 Å². The Labute approximate surface area is 210 Å². The summed E-state index contributed by atoms with van der Waals surface area (Å²) >= 11 is 0. The maximum absolute atomic E-state index is 11.8. The lowest BCUT2D eigenvalue weighted by atomic mass is 10.1. The topological polar surface area (TPSA) is 78.9 Å². The molecule has 0 aliphatic rings. The molecule has 4 rings (SSSR count). The summed E-state index contributed by atoms with van der Waals surface area (Å²) in [5, 5.41) is 4.50. The lowest BCUT2D eigenvalue weighted by Gasteiger charge is -2.14. The summed E-state index contributed by atoms with van der Waals surface area (Å²) < 4.78 is 21.6. The Bertz CT molecular complexity index is 1340. The van der Waals surface area contributed by atoms with Crippen molar-refractivity contribution in [1.29, 1.82) is 0 Å². The van der Waals surface area contributed by atoms with Crippen molar-refractivity contribution < 1.29 is 23.7 Å². The molecule has 7 nitrogen and oxygen atoms in total. The van der Waals surface area contributed by atoms with Crippen LogP contribution >= 0.6 is 0 Å². The SMILES string of the molecule is COC(=O)c1ccc(/C=C(/CNc2cnc3ccccc3c2)COc2cc(OC)cc(OC)c2)cc1. The molecule has 0 unspecified atom stereocenters. The summed E-state index contributed by atoms with van der Waals surface area (Å²) in [7, 11) is 4.57. The van der Waals surface area contributed by atoms with E-state index >= 15 is 0 Å². The van der Waals surface area contributed by atoms with Crippen LogP contribution < -0.4 is 19.5 Å². The molecule has 0 bridgehead atoms. The maximum atomic E-state index is 11.8. The van der Waals surface area contributed by atoms with Gasteiger partial charge in [0.1, 0.15) is 23.9 Å². The van der Waals surface area contributed by atoms with Gasteiger partial charge in [0.2, 0.25) is 0 Å². The van der Waals surface area contributed by atoms with E-state index in [0.29, 0.717) is 36.0 Å². The van der Waals surface area contributed by atoms with E-state index in [4.69, 9.17) is 18.9 Å². The van der Waals surface area contributed by atoms with Gasteiger partial charge in [0.25, 0.3) is 0 Å². The number of rotatable bonds is 10. The number of pyridine rings is 1. The lowest BCUT2D eigenvalue weighted by molar-refractivity contribution is 0.0600. The van der Waals surface area contributed by atoms with Gasteiger partial charge >= 0.3 is 5.97 Å². The molecule has 3 aromatic carbocycles. The largest absolute Gasteiger partial charge is 0.496 e. The quantitative estimate of drug-likeness (QED) is 0.293. The standard InChI is InChI=1S/C29H28N2O5/c1-33-25-14-26(34-2)16-27(15-25)36-19-21(12-20-8-10-22(11-9-20)29(32)35-3)17-30-24-13-23-6-4-5-7-28(23)31-18-24/h4-16,18,30H,17,19H2,1-3H3/b21-12-. The number of hydrogen-bond acceptors (Lipinski definition) is 7. The Balaban J connectivity index is 1.55. The minimum absolute atomic E-state index is 0.323. The fourth-order valence-electron chi connectivity index (χ4n) is 3.64. The molecular formula is C29H28N2O5. The number of fused-ring (bicyclic) bond motifs is 1. The Kier molecular flexibility index (Phi) is 8.03. The minimum Gasteiger partial charge on any atom is -0.496 e. The van der Waals surface area contributed by atoms with Gasteiger partial charge in [0, 0.05) is 30.1 Å². The first-order valence-electron chi connectivity index (χ1n) is 11.4. The van der Waals surface area contributed by atoms with Crippen molar-refractivity contribution in [3.63, 3.8) is 0 Å². The van der Waals surface area contributed by atoms with Gasteiger partial charge in [-0.25, -0.2) is 4.79 Å². The summed E-state index contributed by atoms with van der Waals surface area (Å²) in [6, 6.07) is 22.7. The monoisotopic (exact) mass is 484 g/mol. The van der Waals surface area contributed by atoms with E-state index in [0.717, 1.165) is 27.7 Å². The Morgan fingerprint density at radius 1 is 0.889 bits per heavy atom. The molecule has 0 saturated carbocycles. The Hall–Kier alpha value is -4.52. The summed E-state index contributed by atoms with van der Waals surface area (Å²) in [6.45, 7) is 0.850. The van der Waals surface area contributed by atoms with Gasteiger partial charge in [0.05, 0.1) is 44.3 Å². The number of methoxy groups -OCH3 is 3. The summed E-state index contributed by atoms with van der Waals surface area (Å²) in [4.78, 5) is 16.3. The molecule has 0 radical (unpaired) electrons. The van der Waals surface area contributed by atoms with Crippen molar-refractivity contribution in [3.8, 4) is 17.2 Å². The first-order valence-corrected chi connectivity index (χ1v) is 11.4. The van der Waals surface area contributed by atoms with Crippen LogP contribution in [0.2, 0.25) is 0 Å². The van der Waals surface area contributed by atoms with Crippen LogP contribution in [0.1, 0.15) is 15.9 Å². The number of aromatic nitrogens is 1. The average molecular weight is 485 g/mol. The molecule has 0 saturated heterocycles. The second-order valence-electron chi connectivity index (χ2n) is 8.02. The van der Waals surface area contributed by atoms with E-state index in [1.807, 2.05) is 60.8 Å². The molecule has 184 valence electrons. The number of esters is 1. The molecule has 4 aromatic rings. The van der Waals surface area contributed by atoms with E-state index in [1.54, 1.807) is 32.4 Å². The van der Waals surface area contributed by atoms with Gasteiger partial charge in [-0.05, 0) is 35.4 Å². The smallest absolute Gasteiger partial charge is 0.337 e. The molecule has 1 N–H and O–H groups in total. The molecule has 7 heteroatoms. The van der Waals surface area contributed by atoms with Crippen molar-refractivity contribution in [2.75, 3.05) is 39.8 Å². The lowest BCUT2D eigenvalue weighted by Crippen LogP contribution is -2.12. The second-order valence-corrected chi connectivity index (χ2v) is 8.02. The van der Waals surface area contributed by atoms with E-state index < -0.39 is 0 Å². The Morgan fingerprint density at radius 2 is 1.58 bits per heavy atom.